The molecule has 0 saturated carbocycles. The van der Waals surface area contributed by atoms with Crippen LogP contribution in [0.25, 0.3) is 0 Å². The molecule has 1 aliphatic rings. The van der Waals surface area contributed by atoms with Gasteiger partial charge in [-0.05, 0) is 30.9 Å². The number of hydrogen-bond donors (Lipinski definition) is 0. The lowest BCUT2D eigenvalue weighted by Crippen LogP contribution is -2.41. The number of fused-ring (bicyclic) bond motifs is 1. The van der Waals surface area contributed by atoms with Crippen molar-refractivity contribution in [1.29, 1.82) is 0 Å². The number of nitrogens with zero attached hydrogens (tertiary/aromatic N) is 4. The van der Waals surface area contributed by atoms with E-state index in [0.29, 0.717) is 4.88 Å². The van der Waals surface area contributed by atoms with Crippen LogP contribution < -0.4 is 0 Å². The fourth-order valence-corrected chi connectivity index (χ4v) is 3.48. The molecule has 0 fully saturated rings. The minimum atomic E-state index is -4.54. The van der Waals surface area contributed by atoms with E-state index in [-0.39, 0.29) is 24.8 Å². The molecule has 3 rings (SSSR count). The Morgan fingerprint density at radius 2 is 2.09 bits per heavy atom. The van der Waals surface area contributed by atoms with Crippen molar-refractivity contribution in [2.45, 2.75) is 32.6 Å². The summed E-state index contributed by atoms with van der Waals surface area (Å²) in [6.45, 7) is 3.74. The van der Waals surface area contributed by atoms with Gasteiger partial charge >= 0.3 is 6.18 Å². The number of carbonyl (C=O) groups excluding carboxylic acids is 1. The molecule has 2 aromatic heterocycles. The Morgan fingerprint density at radius 3 is 2.68 bits per heavy atom. The van der Waals surface area contributed by atoms with Gasteiger partial charge in [-0.2, -0.15) is 13.2 Å². The summed E-state index contributed by atoms with van der Waals surface area (Å²) >= 11 is 1.33. The van der Waals surface area contributed by atoms with Gasteiger partial charge in [0, 0.05) is 13.1 Å². The van der Waals surface area contributed by atoms with E-state index in [4.69, 9.17) is 0 Å². The average molecular weight is 330 g/mol. The highest BCUT2D eigenvalue weighted by atomic mass is 32.1. The molecule has 2 aromatic rings. The van der Waals surface area contributed by atoms with Crippen molar-refractivity contribution in [3.8, 4) is 0 Å². The van der Waals surface area contributed by atoms with Crippen LogP contribution in [0.5, 0.6) is 0 Å². The van der Waals surface area contributed by atoms with Crippen molar-refractivity contribution in [2.75, 3.05) is 6.54 Å². The first-order valence-electron chi connectivity index (χ1n) is 6.66. The summed E-state index contributed by atoms with van der Waals surface area (Å²) in [6, 6.07) is 1.29. The van der Waals surface area contributed by atoms with E-state index in [0.717, 1.165) is 10.1 Å². The number of carbonyl (C=O) groups is 1. The first-order valence-corrected chi connectivity index (χ1v) is 7.54. The molecule has 1 aliphatic heterocycles. The van der Waals surface area contributed by atoms with Gasteiger partial charge < -0.3 is 9.47 Å². The SMILES string of the molecule is Cc1ccsc1C(=O)N1CCn2c(nnc2C(F)(F)F)C1C. The molecule has 1 atom stereocenters. The van der Waals surface area contributed by atoms with Gasteiger partial charge in [0.15, 0.2) is 5.82 Å². The van der Waals surface area contributed by atoms with E-state index in [1.165, 1.54) is 11.3 Å². The fraction of sp³-hybridized carbons (Fsp3) is 0.462. The van der Waals surface area contributed by atoms with Gasteiger partial charge in [0.25, 0.3) is 5.91 Å². The highest BCUT2D eigenvalue weighted by molar-refractivity contribution is 7.12. The first kappa shape index (κ1) is 15.0. The second kappa shape index (κ2) is 5.08. The fourth-order valence-electron chi connectivity index (χ4n) is 2.59. The lowest BCUT2D eigenvalue weighted by molar-refractivity contribution is -0.148. The molecule has 1 amide bonds. The molecule has 9 heteroatoms. The number of aryl methyl sites for hydroxylation is 1. The van der Waals surface area contributed by atoms with Crippen LogP contribution in [0.3, 0.4) is 0 Å². The zero-order valence-corrected chi connectivity index (χ0v) is 12.7. The number of hydrogen-bond acceptors (Lipinski definition) is 4. The minimum Gasteiger partial charge on any atom is -0.326 e. The van der Waals surface area contributed by atoms with Crippen LogP contribution in [-0.2, 0) is 12.7 Å². The van der Waals surface area contributed by atoms with Gasteiger partial charge in [-0.15, -0.1) is 21.5 Å². The molecular weight excluding hydrogens is 317 g/mol. The smallest absolute Gasteiger partial charge is 0.326 e. The van der Waals surface area contributed by atoms with Crippen LogP contribution in [0, 0.1) is 6.92 Å². The normalized spacial score (nSPS) is 18.4. The lowest BCUT2D eigenvalue weighted by Gasteiger charge is -2.33. The second-order valence-corrected chi connectivity index (χ2v) is 6.05. The maximum atomic E-state index is 12.9. The first-order chi connectivity index (χ1) is 10.3. The van der Waals surface area contributed by atoms with Crippen molar-refractivity contribution >= 4 is 17.2 Å². The number of aromatic nitrogens is 3. The van der Waals surface area contributed by atoms with E-state index < -0.39 is 18.0 Å². The van der Waals surface area contributed by atoms with Gasteiger partial charge in [0.2, 0.25) is 5.82 Å². The van der Waals surface area contributed by atoms with Crippen molar-refractivity contribution in [3.05, 3.63) is 33.5 Å². The van der Waals surface area contributed by atoms with Crippen LogP contribution >= 0.6 is 11.3 Å². The molecule has 0 aromatic carbocycles. The largest absolute Gasteiger partial charge is 0.451 e. The quantitative estimate of drug-likeness (QED) is 0.808. The molecule has 0 aliphatic carbocycles. The van der Waals surface area contributed by atoms with E-state index in [1.54, 1.807) is 11.8 Å². The summed E-state index contributed by atoms with van der Waals surface area (Å²) in [4.78, 5) is 14.7. The Balaban J connectivity index is 1.93. The van der Waals surface area contributed by atoms with Crippen LogP contribution in [0.1, 0.15) is 39.8 Å². The Bertz CT molecular complexity index is 721. The topological polar surface area (TPSA) is 51.0 Å². The van der Waals surface area contributed by atoms with E-state index >= 15 is 0 Å². The minimum absolute atomic E-state index is 0.0394. The van der Waals surface area contributed by atoms with E-state index in [1.807, 2.05) is 18.4 Å². The predicted octanol–water partition coefficient (Wildman–Crippen LogP) is 2.88. The summed E-state index contributed by atoms with van der Waals surface area (Å²) in [5.74, 6) is -1.02. The molecule has 0 saturated heterocycles. The third-order valence-electron chi connectivity index (χ3n) is 3.76. The van der Waals surface area contributed by atoms with Gasteiger partial charge in [0.1, 0.15) is 0 Å². The van der Waals surface area contributed by atoms with Crippen molar-refractivity contribution in [1.82, 2.24) is 19.7 Å². The van der Waals surface area contributed by atoms with Crippen molar-refractivity contribution in [2.24, 2.45) is 0 Å². The van der Waals surface area contributed by atoms with Crippen LogP contribution in [0.4, 0.5) is 13.2 Å². The third-order valence-corrected chi connectivity index (χ3v) is 4.76. The van der Waals surface area contributed by atoms with Gasteiger partial charge in [-0.25, -0.2) is 0 Å². The van der Waals surface area contributed by atoms with E-state index in [2.05, 4.69) is 10.2 Å². The maximum Gasteiger partial charge on any atom is 0.451 e. The number of alkyl halides is 3. The van der Waals surface area contributed by atoms with Crippen molar-refractivity contribution in [3.63, 3.8) is 0 Å². The summed E-state index contributed by atoms with van der Waals surface area (Å²) in [7, 11) is 0. The highest BCUT2D eigenvalue weighted by Crippen LogP contribution is 2.33. The highest BCUT2D eigenvalue weighted by Gasteiger charge is 2.42. The monoisotopic (exact) mass is 330 g/mol. The van der Waals surface area contributed by atoms with Gasteiger partial charge in [-0.1, -0.05) is 0 Å². The van der Waals surface area contributed by atoms with Crippen molar-refractivity contribution < 1.29 is 18.0 Å². The second-order valence-electron chi connectivity index (χ2n) is 5.14. The molecule has 118 valence electrons. The molecular formula is C13H13F3N4OS. The number of halogens is 3. The van der Waals surface area contributed by atoms with Crippen LogP contribution in [0.15, 0.2) is 11.4 Å². The number of amides is 1. The summed E-state index contributed by atoms with van der Waals surface area (Å²) < 4.78 is 39.6. The Hall–Kier alpha value is -1.90. The summed E-state index contributed by atoms with van der Waals surface area (Å²) in [5, 5.41) is 8.71. The standard InChI is InChI=1S/C13H13F3N4OS/c1-7-3-6-22-9(7)11(21)19-4-5-20-10(8(19)2)17-18-12(20)13(14,15)16/h3,6,8H,4-5H2,1-2H3. The van der Waals surface area contributed by atoms with E-state index in [9.17, 15) is 18.0 Å². The molecule has 22 heavy (non-hydrogen) atoms. The lowest BCUT2D eigenvalue weighted by atomic mass is 10.1. The molecule has 3 heterocycles. The van der Waals surface area contributed by atoms with Gasteiger partial charge in [-0.3, -0.25) is 4.79 Å². The maximum absolute atomic E-state index is 12.9. The predicted molar refractivity (Wildman–Crippen MR) is 73.5 cm³/mol. The molecule has 0 bridgehead atoms. The number of thiophene rings is 1. The summed E-state index contributed by atoms with van der Waals surface area (Å²) in [5.41, 5.74) is 0.866. The number of rotatable bonds is 1. The molecule has 1 unspecified atom stereocenters. The molecule has 0 N–H and O–H groups in total. The van der Waals surface area contributed by atoms with Crippen LogP contribution in [-0.4, -0.2) is 32.1 Å². The average Bonchev–Trinajstić information content (AvgIpc) is 3.04. The Morgan fingerprint density at radius 1 is 1.36 bits per heavy atom. The summed E-state index contributed by atoms with van der Waals surface area (Å²) in [6.07, 6.45) is -4.54. The zero-order chi connectivity index (χ0) is 16.1. The molecule has 5 nitrogen and oxygen atoms in total. The van der Waals surface area contributed by atoms with Gasteiger partial charge in [0.05, 0.1) is 10.9 Å². The Kier molecular flexibility index (Phi) is 3.47. The van der Waals surface area contributed by atoms with Crippen LogP contribution in [0.2, 0.25) is 0 Å². The zero-order valence-electron chi connectivity index (χ0n) is 11.9. The molecule has 0 spiro atoms. The third kappa shape index (κ3) is 2.29. The molecule has 0 radical (unpaired) electrons. The Labute approximate surface area is 128 Å².